The molecule has 11 heteroatoms. The quantitative estimate of drug-likeness (QED) is 0.374. The third-order valence-electron chi connectivity index (χ3n) is 4.46. The van der Waals surface area contributed by atoms with Crippen LogP contribution < -0.4 is 25.4 Å². The number of nitrogens with zero attached hydrogens (tertiary/aromatic N) is 3. The van der Waals surface area contributed by atoms with Gasteiger partial charge in [0.2, 0.25) is 11.9 Å². The number of aliphatic hydroxyl groups excluding tert-OH is 1. The molecule has 0 saturated carbocycles. The number of carboxylic acid groups (broad SMARTS) is 1. The van der Waals surface area contributed by atoms with Gasteiger partial charge in [-0.1, -0.05) is 0 Å². The second-order valence-electron chi connectivity index (χ2n) is 6.65. The van der Waals surface area contributed by atoms with Gasteiger partial charge in [0.05, 0.1) is 19.7 Å². The number of carbonyl (C=O) groups is 2. The van der Waals surface area contributed by atoms with Crippen molar-refractivity contribution in [1.82, 2.24) is 15.3 Å². The van der Waals surface area contributed by atoms with E-state index in [1.54, 1.807) is 24.1 Å². The zero-order chi connectivity index (χ0) is 22.3. The summed E-state index contributed by atoms with van der Waals surface area (Å²) in [7, 11) is 4.87. The number of carboxylic acids is 1. The van der Waals surface area contributed by atoms with Crippen LogP contribution in [0.3, 0.4) is 0 Å². The minimum Gasteiger partial charge on any atom is -0.493 e. The van der Waals surface area contributed by atoms with E-state index in [1.807, 2.05) is 0 Å². The number of nitrogens with one attached hydrogen (secondary N) is 1. The summed E-state index contributed by atoms with van der Waals surface area (Å²) in [6.07, 6.45) is -1.18. The Morgan fingerprint density at radius 2 is 1.90 bits per heavy atom. The Kier molecular flexibility index (Phi) is 7.98. The lowest BCUT2D eigenvalue weighted by Gasteiger charge is -2.19. The van der Waals surface area contributed by atoms with Crippen LogP contribution in [0.15, 0.2) is 12.1 Å². The largest absolute Gasteiger partial charge is 0.493 e. The molecule has 1 aromatic heterocycles. The maximum Gasteiger partial charge on any atom is 0.303 e. The molecular weight excluding hydrogens is 394 g/mol. The Balaban J connectivity index is 1.96. The molecule has 1 atom stereocenters. The van der Waals surface area contributed by atoms with Crippen molar-refractivity contribution in [2.45, 2.75) is 25.4 Å². The first-order valence-electron chi connectivity index (χ1n) is 9.34. The average molecular weight is 421 g/mol. The molecule has 0 bridgehead atoms. The van der Waals surface area contributed by atoms with Gasteiger partial charge >= 0.3 is 5.97 Å². The van der Waals surface area contributed by atoms with Crippen LogP contribution in [-0.4, -0.2) is 72.5 Å². The van der Waals surface area contributed by atoms with Crippen molar-refractivity contribution in [2.75, 3.05) is 45.0 Å². The number of rotatable bonds is 11. The molecule has 1 heterocycles. The van der Waals surface area contributed by atoms with Crippen LogP contribution in [-0.2, 0) is 9.59 Å². The predicted octanol–water partition coefficient (Wildman–Crippen LogP) is 0.397. The van der Waals surface area contributed by atoms with Gasteiger partial charge in [-0.05, 0) is 18.9 Å². The van der Waals surface area contributed by atoms with Crippen molar-refractivity contribution >= 4 is 34.5 Å². The van der Waals surface area contributed by atoms with E-state index < -0.39 is 18.0 Å². The number of anilines is 2. The van der Waals surface area contributed by atoms with Crippen LogP contribution in [0.25, 0.3) is 10.9 Å². The molecule has 164 valence electrons. The summed E-state index contributed by atoms with van der Waals surface area (Å²) in [6, 6.07) is 3.45. The van der Waals surface area contributed by atoms with Crippen LogP contribution in [0, 0.1) is 0 Å². The summed E-state index contributed by atoms with van der Waals surface area (Å²) >= 11 is 0. The highest BCUT2D eigenvalue weighted by molar-refractivity contribution is 5.91. The molecule has 0 aliphatic heterocycles. The maximum absolute atomic E-state index is 11.7. The number of nitrogen functional groups attached to an aromatic ring is 1. The second-order valence-corrected chi connectivity index (χ2v) is 6.65. The number of hydrogen-bond acceptors (Lipinski definition) is 9. The van der Waals surface area contributed by atoms with Crippen LogP contribution in [0.5, 0.6) is 11.5 Å². The number of benzene rings is 1. The van der Waals surface area contributed by atoms with Crippen molar-refractivity contribution in [2.24, 2.45) is 0 Å². The summed E-state index contributed by atoms with van der Waals surface area (Å²) < 4.78 is 10.6. The molecule has 11 nitrogen and oxygen atoms in total. The Morgan fingerprint density at radius 1 is 1.23 bits per heavy atom. The molecule has 2 rings (SSSR count). The topological polar surface area (TPSA) is 160 Å². The fraction of sp³-hybridized carbons (Fsp3) is 0.474. The lowest BCUT2D eigenvalue weighted by Crippen LogP contribution is -2.36. The van der Waals surface area contributed by atoms with E-state index >= 15 is 0 Å². The SMILES string of the molecule is COc1cc2nc(N(C)CCCNC(=O)C(O)CCC(=O)O)nc(N)c2cc1OC. The molecule has 30 heavy (non-hydrogen) atoms. The highest BCUT2D eigenvalue weighted by Gasteiger charge is 2.16. The molecule has 2 aromatic rings. The summed E-state index contributed by atoms with van der Waals surface area (Å²) in [6.45, 7) is 0.825. The van der Waals surface area contributed by atoms with Crippen molar-refractivity contribution in [1.29, 1.82) is 0 Å². The minimum absolute atomic E-state index is 0.125. The molecule has 0 aliphatic rings. The predicted molar refractivity (Wildman–Crippen MR) is 111 cm³/mol. The zero-order valence-electron chi connectivity index (χ0n) is 17.2. The number of carbonyl (C=O) groups excluding carboxylic acids is 1. The Hall–Kier alpha value is -3.34. The number of nitrogens with two attached hydrogens (primary N) is 1. The lowest BCUT2D eigenvalue weighted by molar-refractivity contribution is -0.138. The van der Waals surface area contributed by atoms with E-state index in [0.29, 0.717) is 53.7 Å². The van der Waals surface area contributed by atoms with Crippen LogP contribution >= 0.6 is 0 Å². The summed E-state index contributed by atoms with van der Waals surface area (Å²) in [4.78, 5) is 32.9. The highest BCUT2D eigenvalue weighted by atomic mass is 16.5. The molecule has 0 saturated heterocycles. The van der Waals surface area contributed by atoms with Gasteiger partial charge in [-0.15, -0.1) is 0 Å². The average Bonchev–Trinajstić information content (AvgIpc) is 2.73. The van der Waals surface area contributed by atoms with Crippen molar-refractivity contribution < 1.29 is 29.3 Å². The van der Waals surface area contributed by atoms with Gasteiger partial charge in [0.25, 0.3) is 0 Å². The van der Waals surface area contributed by atoms with E-state index in [1.165, 1.54) is 14.2 Å². The van der Waals surface area contributed by atoms with Crippen LogP contribution in [0.2, 0.25) is 0 Å². The molecule has 1 amide bonds. The van der Waals surface area contributed by atoms with Gasteiger partial charge in [-0.25, -0.2) is 4.98 Å². The highest BCUT2D eigenvalue weighted by Crippen LogP contribution is 2.33. The molecule has 0 aliphatic carbocycles. The third-order valence-corrected chi connectivity index (χ3v) is 4.46. The number of hydrogen-bond donors (Lipinski definition) is 4. The van der Waals surface area contributed by atoms with E-state index in [0.717, 1.165) is 0 Å². The molecule has 5 N–H and O–H groups in total. The first-order valence-corrected chi connectivity index (χ1v) is 9.34. The van der Waals surface area contributed by atoms with Gasteiger partial charge in [-0.3, -0.25) is 9.59 Å². The third kappa shape index (κ3) is 5.83. The van der Waals surface area contributed by atoms with E-state index in [9.17, 15) is 14.7 Å². The van der Waals surface area contributed by atoms with Gasteiger partial charge in [-0.2, -0.15) is 4.98 Å². The Morgan fingerprint density at radius 3 is 2.53 bits per heavy atom. The van der Waals surface area contributed by atoms with Gasteiger partial charge in [0.1, 0.15) is 11.9 Å². The minimum atomic E-state index is -1.34. The van der Waals surface area contributed by atoms with Crippen molar-refractivity contribution in [3.05, 3.63) is 12.1 Å². The number of ether oxygens (including phenoxy) is 2. The lowest BCUT2D eigenvalue weighted by atomic mass is 10.2. The van der Waals surface area contributed by atoms with Crippen LogP contribution in [0.1, 0.15) is 19.3 Å². The Labute approximate surface area is 173 Å². The van der Waals surface area contributed by atoms with Crippen molar-refractivity contribution in [3.63, 3.8) is 0 Å². The maximum atomic E-state index is 11.7. The van der Waals surface area contributed by atoms with Gasteiger partial charge in [0, 0.05) is 38.0 Å². The fourth-order valence-electron chi connectivity index (χ4n) is 2.77. The number of aliphatic carboxylic acids is 1. The summed E-state index contributed by atoms with van der Waals surface area (Å²) in [5, 5.41) is 21.4. The first kappa shape index (κ1) is 22.9. The first-order chi connectivity index (χ1) is 14.3. The van der Waals surface area contributed by atoms with Crippen LogP contribution in [0.4, 0.5) is 11.8 Å². The Bertz CT molecular complexity index is 907. The van der Waals surface area contributed by atoms with E-state index in [4.69, 9.17) is 20.3 Å². The zero-order valence-corrected chi connectivity index (χ0v) is 17.2. The smallest absolute Gasteiger partial charge is 0.303 e. The molecular formula is C19H27N5O6. The summed E-state index contributed by atoms with van der Waals surface area (Å²) in [5.41, 5.74) is 6.70. The standard InChI is InChI=1S/C19H27N5O6/c1-24(8-4-7-21-18(28)13(25)5-6-16(26)27)19-22-12-10-15(30-3)14(29-2)9-11(12)17(20)23-19/h9-10,13,25H,4-8H2,1-3H3,(H,21,28)(H,26,27)(H2,20,22,23). The van der Waals surface area contributed by atoms with Gasteiger partial charge in [0.15, 0.2) is 11.5 Å². The van der Waals surface area contributed by atoms with E-state index in [-0.39, 0.29) is 12.8 Å². The number of aliphatic hydroxyl groups is 1. The molecule has 0 fully saturated rings. The second kappa shape index (κ2) is 10.4. The van der Waals surface area contributed by atoms with E-state index in [2.05, 4.69) is 15.3 Å². The molecule has 1 aromatic carbocycles. The molecule has 0 radical (unpaired) electrons. The normalized spacial score (nSPS) is 11.7. The van der Waals surface area contributed by atoms with Gasteiger partial charge < -0.3 is 35.6 Å². The molecule has 1 unspecified atom stereocenters. The monoisotopic (exact) mass is 421 g/mol. The summed E-state index contributed by atoms with van der Waals surface area (Å²) in [5.74, 6) is 0.126. The number of fused-ring (bicyclic) bond motifs is 1. The molecule has 0 spiro atoms. The number of aromatic nitrogens is 2. The number of amides is 1. The fourth-order valence-corrected chi connectivity index (χ4v) is 2.77. The van der Waals surface area contributed by atoms with Crippen molar-refractivity contribution in [3.8, 4) is 11.5 Å². The number of methoxy groups -OCH3 is 2.